The summed E-state index contributed by atoms with van der Waals surface area (Å²) < 4.78 is 1.58. The summed E-state index contributed by atoms with van der Waals surface area (Å²) in [4.78, 5) is 33.0. The van der Waals surface area contributed by atoms with Crippen molar-refractivity contribution in [1.82, 2.24) is 29.9 Å². The van der Waals surface area contributed by atoms with Gasteiger partial charge in [-0.2, -0.15) is 5.10 Å². The fourth-order valence-electron chi connectivity index (χ4n) is 3.44. The van der Waals surface area contributed by atoms with Gasteiger partial charge in [0.1, 0.15) is 0 Å². The van der Waals surface area contributed by atoms with Crippen LogP contribution in [0.1, 0.15) is 15.9 Å². The number of amides is 2. The molecule has 3 heterocycles. The van der Waals surface area contributed by atoms with E-state index in [1.165, 1.54) is 11.8 Å². The molecule has 8 nitrogen and oxygen atoms in total. The monoisotopic (exact) mass is 404 g/mol. The van der Waals surface area contributed by atoms with Crippen LogP contribution in [-0.2, 0) is 11.3 Å². The van der Waals surface area contributed by atoms with Crippen LogP contribution in [0.3, 0.4) is 0 Å². The fourth-order valence-corrected chi connectivity index (χ4v) is 3.44. The van der Waals surface area contributed by atoms with Gasteiger partial charge in [0.05, 0.1) is 30.2 Å². The van der Waals surface area contributed by atoms with Gasteiger partial charge in [0.2, 0.25) is 5.91 Å². The molecule has 0 unspecified atom stereocenters. The molecule has 1 N–H and O–H groups in total. The Labute approximate surface area is 175 Å². The van der Waals surface area contributed by atoms with E-state index in [-0.39, 0.29) is 18.4 Å². The molecule has 0 atom stereocenters. The van der Waals surface area contributed by atoms with Crippen molar-refractivity contribution in [2.75, 3.05) is 32.7 Å². The number of aromatic nitrogens is 3. The van der Waals surface area contributed by atoms with Crippen LogP contribution >= 0.6 is 0 Å². The summed E-state index contributed by atoms with van der Waals surface area (Å²) in [5.74, 6) is -0.386. The molecule has 1 saturated heterocycles. The summed E-state index contributed by atoms with van der Waals surface area (Å²) in [6.45, 7) is 3.86. The third kappa shape index (κ3) is 4.90. The van der Waals surface area contributed by atoms with Crippen molar-refractivity contribution in [2.24, 2.45) is 0 Å². The Bertz CT molecular complexity index is 981. The van der Waals surface area contributed by atoms with Crippen LogP contribution in [0.25, 0.3) is 5.69 Å². The van der Waals surface area contributed by atoms with Crippen LogP contribution in [0, 0.1) is 0 Å². The Morgan fingerprint density at radius 3 is 2.50 bits per heavy atom. The van der Waals surface area contributed by atoms with Crippen molar-refractivity contribution in [3.05, 3.63) is 78.4 Å². The minimum Gasteiger partial charge on any atom is -0.343 e. The van der Waals surface area contributed by atoms with Gasteiger partial charge in [-0.15, -0.1) is 0 Å². The predicted octanol–water partition coefficient (Wildman–Crippen LogP) is 1.34. The second-order valence-electron chi connectivity index (χ2n) is 7.21. The van der Waals surface area contributed by atoms with Crippen LogP contribution in [-0.4, -0.2) is 69.1 Å². The molecule has 1 aromatic carbocycles. The number of nitrogens with one attached hydrogen (secondary N) is 1. The third-order valence-electron chi connectivity index (χ3n) is 5.13. The van der Waals surface area contributed by atoms with Gasteiger partial charge in [-0.05, 0) is 17.7 Å². The number of hydrogen-bond acceptors (Lipinski definition) is 5. The Kier molecular flexibility index (Phi) is 6.14. The van der Waals surface area contributed by atoms with Gasteiger partial charge < -0.3 is 10.2 Å². The first-order chi connectivity index (χ1) is 14.7. The molecule has 1 aliphatic rings. The van der Waals surface area contributed by atoms with E-state index < -0.39 is 0 Å². The zero-order valence-electron chi connectivity index (χ0n) is 16.6. The normalized spacial score (nSPS) is 14.5. The predicted molar refractivity (Wildman–Crippen MR) is 112 cm³/mol. The van der Waals surface area contributed by atoms with Crippen LogP contribution in [0.2, 0.25) is 0 Å². The Morgan fingerprint density at radius 1 is 0.967 bits per heavy atom. The highest BCUT2D eigenvalue weighted by Gasteiger charge is 2.21. The minimum absolute atomic E-state index is 0.0183. The quantitative estimate of drug-likeness (QED) is 0.670. The number of hydrogen-bond donors (Lipinski definition) is 1. The second kappa shape index (κ2) is 9.32. The number of nitrogens with zero attached hydrogens (tertiary/aromatic N) is 5. The highest BCUT2D eigenvalue weighted by Crippen LogP contribution is 2.09. The highest BCUT2D eigenvalue weighted by atomic mass is 16.2. The number of pyridine rings is 1. The van der Waals surface area contributed by atoms with Crippen molar-refractivity contribution < 1.29 is 9.59 Å². The van der Waals surface area contributed by atoms with E-state index in [2.05, 4.69) is 32.4 Å². The van der Waals surface area contributed by atoms with Crippen LogP contribution in [0.5, 0.6) is 0 Å². The van der Waals surface area contributed by atoms with Crippen LogP contribution in [0.15, 0.2) is 67.3 Å². The van der Waals surface area contributed by atoms with Gasteiger partial charge >= 0.3 is 0 Å². The molecular weight excluding hydrogens is 380 g/mol. The second-order valence-corrected chi connectivity index (χ2v) is 7.21. The molecule has 0 bridgehead atoms. The molecule has 2 amide bonds. The molecule has 1 fully saturated rings. The van der Waals surface area contributed by atoms with Gasteiger partial charge in [0.25, 0.3) is 5.91 Å². The summed E-state index contributed by atoms with van der Waals surface area (Å²) >= 11 is 0. The van der Waals surface area contributed by atoms with Crippen molar-refractivity contribution in [1.29, 1.82) is 0 Å². The van der Waals surface area contributed by atoms with Gasteiger partial charge in [-0.1, -0.05) is 30.3 Å². The molecule has 30 heavy (non-hydrogen) atoms. The van der Waals surface area contributed by atoms with Crippen molar-refractivity contribution in [3.8, 4) is 5.69 Å². The minimum atomic E-state index is -0.318. The lowest BCUT2D eigenvalue weighted by molar-refractivity contribution is -0.131. The number of benzene rings is 1. The van der Waals surface area contributed by atoms with E-state index >= 15 is 0 Å². The van der Waals surface area contributed by atoms with E-state index in [9.17, 15) is 9.59 Å². The molecule has 4 rings (SSSR count). The van der Waals surface area contributed by atoms with Crippen LogP contribution < -0.4 is 5.32 Å². The van der Waals surface area contributed by atoms with Crippen molar-refractivity contribution in [2.45, 2.75) is 6.54 Å². The summed E-state index contributed by atoms with van der Waals surface area (Å²) in [7, 11) is 0. The molecule has 1 aliphatic heterocycles. The van der Waals surface area contributed by atoms with Crippen LogP contribution in [0.4, 0.5) is 0 Å². The molecule has 3 aromatic rings. The maximum atomic E-state index is 12.5. The number of piperazine rings is 1. The molecular formula is C22H24N6O2. The lowest BCUT2D eigenvalue weighted by atomic mass is 10.2. The third-order valence-corrected chi connectivity index (χ3v) is 5.13. The summed E-state index contributed by atoms with van der Waals surface area (Å²) in [6.07, 6.45) is 6.44. The molecule has 0 aliphatic carbocycles. The number of carbonyl (C=O) groups excluding carboxylic acids is 2. The van der Waals surface area contributed by atoms with Crippen molar-refractivity contribution in [3.63, 3.8) is 0 Å². The van der Waals surface area contributed by atoms with Crippen molar-refractivity contribution >= 4 is 11.8 Å². The Morgan fingerprint density at radius 2 is 1.77 bits per heavy atom. The van der Waals surface area contributed by atoms with E-state index in [4.69, 9.17) is 0 Å². The summed E-state index contributed by atoms with van der Waals surface area (Å²) in [6, 6.07) is 14.0. The fraction of sp³-hybridized carbons (Fsp3) is 0.273. The first-order valence-corrected chi connectivity index (χ1v) is 9.96. The number of rotatable bonds is 6. The maximum Gasteiger partial charge on any atom is 0.254 e. The lowest BCUT2D eigenvalue weighted by Gasteiger charge is -2.34. The molecule has 0 spiro atoms. The standard InChI is InChI=1S/C22H24N6O2/c29-21(27-11-9-26(10-12-27)16-18-5-2-1-3-6-18)15-24-22(30)19-13-25-28(17-19)20-7-4-8-23-14-20/h1-8,13-14,17H,9-12,15-16H2,(H,24,30). The zero-order chi connectivity index (χ0) is 20.8. The van der Waals surface area contributed by atoms with E-state index in [1.54, 1.807) is 34.2 Å². The first kappa shape index (κ1) is 19.8. The largest absolute Gasteiger partial charge is 0.343 e. The average Bonchev–Trinajstić information content (AvgIpc) is 3.30. The van der Waals surface area contributed by atoms with E-state index in [1.807, 2.05) is 24.3 Å². The highest BCUT2D eigenvalue weighted by molar-refractivity contribution is 5.96. The zero-order valence-corrected chi connectivity index (χ0v) is 16.6. The maximum absolute atomic E-state index is 12.5. The lowest BCUT2D eigenvalue weighted by Crippen LogP contribution is -2.50. The van der Waals surface area contributed by atoms with Gasteiger partial charge in [0.15, 0.2) is 0 Å². The molecule has 8 heteroatoms. The molecule has 0 saturated carbocycles. The Balaban J connectivity index is 1.23. The van der Waals surface area contributed by atoms with Gasteiger partial charge in [0, 0.05) is 45.1 Å². The van der Waals surface area contributed by atoms with E-state index in [0.29, 0.717) is 18.7 Å². The van der Waals surface area contributed by atoms with E-state index in [0.717, 1.165) is 25.3 Å². The average molecular weight is 404 g/mol. The topological polar surface area (TPSA) is 83.4 Å². The number of carbonyl (C=O) groups is 2. The molecule has 154 valence electrons. The summed E-state index contributed by atoms with van der Waals surface area (Å²) in [5.41, 5.74) is 2.44. The first-order valence-electron chi connectivity index (χ1n) is 9.96. The summed E-state index contributed by atoms with van der Waals surface area (Å²) in [5, 5.41) is 6.88. The van der Waals surface area contributed by atoms with Gasteiger partial charge in [-0.25, -0.2) is 4.68 Å². The SMILES string of the molecule is O=C(NCC(=O)N1CCN(Cc2ccccc2)CC1)c1cnn(-c2cccnc2)c1. The molecule has 0 radical (unpaired) electrons. The van der Waals surface area contributed by atoms with Gasteiger partial charge in [-0.3, -0.25) is 19.5 Å². The molecule has 2 aromatic heterocycles. The smallest absolute Gasteiger partial charge is 0.254 e. The Hall–Kier alpha value is -3.52.